The van der Waals surface area contributed by atoms with Gasteiger partial charge in [-0.2, -0.15) is 8.78 Å². The molecule has 0 heterocycles. The Labute approximate surface area is 112 Å². The van der Waals surface area contributed by atoms with E-state index in [-0.39, 0.29) is 11.8 Å². The molecule has 1 aromatic rings. The third-order valence-electron chi connectivity index (χ3n) is 2.85. The number of halogens is 2. The lowest BCUT2D eigenvalue weighted by molar-refractivity contribution is -0.0514. The second-order valence-corrected chi connectivity index (χ2v) is 4.70. The highest BCUT2D eigenvalue weighted by molar-refractivity contribution is 5.43. The van der Waals surface area contributed by atoms with Gasteiger partial charge in [-0.05, 0) is 37.0 Å². The van der Waals surface area contributed by atoms with Crippen LogP contribution in [-0.4, -0.2) is 19.3 Å². The van der Waals surface area contributed by atoms with Crippen LogP contribution in [0.3, 0.4) is 0 Å². The fraction of sp³-hybridized carbons (Fsp3) is 0.571. The van der Waals surface area contributed by atoms with Gasteiger partial charge in [0, 0.05) is 6.04 Å². The lowest BCUT2D eigenvalue weighted by atomic mass is 9.97. The Morgan fingerprint density at radius 3 is 2.42 bits per heavy atom. The van der Waals surface area contributed by atoms with E-state index in [9.17, 15) is 8.78 Å². The molecule has 0 saturated heterocycles. The molecule has 5 heteroatoms. The molecule has 1 aromatic carbocycles. The van der Waals surface area contributed by atoms with Crippen molar-refractivity contribution in [3.05, 3.63) is 23.8 Å². The van der Waals surface area contributed by atoms with E-state index in [1.54, 1.807) is 19.1 Å². The minimum Gasteiger partial charge on any atom is -0.490 e. The summed E-state index contributed by atoms with van der Waals surface area (Å²) in [6.45, 7) is 3.41. The number of alkyl halides is 2. The lowest BCUT2D eigenvalue weighted by Crippen LogP contribution is -2.28. The van der Waals surface area contributed by atoms with Crippen molar-refractivity contribution in [2.45, 2.75) is 39.8 Å². The Balaban J connectivity index is 2.88. The standard InChI is InChI=1S/C14H21F2NO2/c1-4-18-13-8-10(7-11(17)9(2)3)5-6-12(13)19-14(15)16/h5-6,8-9,11,14H,4,7,17H2,1-3H3. The minimum absolute atomic E-state index is 0.0244. The summed E-state index contributed by atoms with van der Waals surface area (Å²) in [7, 11) is 0. The summed E-state index contributed by atoms with van der Waals surface area (Å²) in [4.78, 5) is 0. The summed E-state index contributed by atoms with van der Waals surface area (Å²) in [5.74, 6) is 0.738. The van der Waals surface area contributed by atoms with E-state index < -0.39 is 6.61 Å². The number of benzene rings is 1. The van der Waals surface area contributed by atoms with Gasteiger partial charge in [0.2, 0.25) is 0 Å². The molecule has 1 unspecified atom stereocenters. The summed E-state index contributed by atoms with van der Waals surface area (Å²) in [6, 6.07) is 4.97. The van der Waals surface area contributed by atoms with Crippen LogP contribution < -0.4 is 15.2 Å². The topological polar surface area (TPSA) is 44.5 Å². The van der Waals surface area contributed by atoms with Gasteiger partial charge in [-0.1, -0.05) is 19.9 Å². The van der Waals surface area contributed by atoms with E-state index in [2.05, 4.69) is 4.74 Å². The number of rotatable bonds is 7. The van der Waals surface area contributed by atoms with Crippen molar-refractivity contribution in [2.24, 2.45) is 11.7 Å². The summed E-state index contributed by atoms with van der Waals surface area (Å²) >= 11 is 0. The van der Waals surface area contributed by atoms with Gasteiger partial charge in [0.15, 0.2) is 11.5 Å². The molecule has 2 N–H and O–H groups in total. The van der Waals surface area contributed by atoms with E-state index in [0.717, 1.165) is 5.56 Å². The van der Waals surface area contributed by atoms with E-state index in [0.29, 0.717) is 24.7 Å². The van der Waals surface area contributed by atoms with Crippen LogP contribution in [0.15, 0.2) is 18.2 Å². The van der Waals surface area contributed by atoms with Crippen molar-refractivity contribution in [1.82, 2.24) is 0 Å². The molecule has 108 valence electrons. The number of hydrogen-bond acceptors (Lipinski definition) is 3. The molecular weight excluding hydrogens is 252 g/mol. The van der Waals surface area contributed by atoms with Crippen LogP contribution in [0.5, 0.6) is 11.5 Å². The monoisotopic (exact) mass is 273 g/mol. The Kier molecular flexibility index (Phi) is 6.02. The van der Waals surface area contributed by atoms with E-state index in [1.165, 1.54) is 6.07 Å². The average molecular weight is 273 g/mol. The van der Waals surface area contributed by atoms with E-state index in [4.69, 9.17) is 10.5 Å². The van der Waals surface area contributed by atoms with Crippen molar-refractivity contribution < 1.29 is 18.3 Å². The number of ether oxygens (including phenoxy) is 2. The summed E-state index contributed by atoms with van der Waals surface area (Å²) in [5.41, 5.74) is 6.95. The molecule has 0 aliphatic rings. The highest BCUT2D eigenvalue weighted by atomic mass is 19.3. The molecule has 0 aliphatic heterocycles. The summed E-state index contributed by atoms with van der Waals surface area (Å²) < 4.78 is 34.3. The molecule has 1 rings (SSSR count). The molecule has 0 fully saturated rings. The van der Waals surface area contributed by atoms with Crippen LogP contribution in [0.25, 0.3) is 0 Å². The maximum atomic E-state index is 12.3. The van der Waals surface area contributed by atoms with Gasteiger partial charge in [0.05, 0.1) is 6.61 Å². The Hall–Kier alpha value is -1.36. The first-order valence-corrected chi connectivity index (χ1v) is 6.40. The van der Waals surface area contributed by atoms with Gasteiger partial charge < -0.3 is 15.2 Å². The first kappa shape index (κ1) is 15.7. The molecule has 0 radical (unpaired) electrons. The molecule has 0 spiro atoms. The molecule has 19 heavy (non-hydrogen) atoms. The molecule has 0 aliphatic carbocycles. The van der Waals surface area contributed by atoms with Gasteiger partial charge in [0.25, 0.3) is 0 Å². The molecule has 3 nitrogen and oxygen atoms in total. The fourth-order valence-electron chi connectivity index (χ4n) is 1.65. The van der Waals surface area contributed by atoms with E-state index >= 15 is 0 Å². The highest BCUT2D eigenvalue weighted by Crippen LogP contribution is 2.30. The molecule has 0 aromatic heterocycles. The zero-order valence-corrected chi connectivity index (χ0v) is 11.5. The predicted octanol–water partition coefficient (Wildman–Crippen LogP) is 3.21. The SMILES string of the molecule is CCOc1cc(CC(N)C(C)C)ccc1OC(F)F. The Morgan fingerprint density at radius 1 is 1.21 bits per heavy atom. The molecule has 0 bridgehead atoms. The van der Waals surface area contributed by atoms with Crippen molar-refractivity contribution >= 4 is 0 Å². The van der Waals surface area contributed by atoms with Gasteiger partial charge >= 0.3 is 6.61 Å². The Bertz CT molecular complexity index is 397. The normalized spacial score (nSPS) is 12.8. The number of hydrogen-bond donors (Lipinski definition) is 1. The summed E-state index contributed by atoms with van der Waals surface area (Å²) in [6.07, 6.45) is 0.673. The zero-order valence-electron chi connectivity index (χ0n) is 11.5. The van der Waals surface area contributed by atoms with Crippen LogP contribution in [0, 0.1) is 5.92 Å². The zero-order chi connectivity index (χ0) is 14.4. The van der Waals surface area contributed by atoms with Crippen LogP contribution in [-0.2, 0) is 6.42 Å². The largest absolute Gasteiger partial charge is 0.490 e. The molecule has 0 saturated carbocycles. The molecule has 1 atom stereocenters. The van der Waals surface area contributed by atoms with Gasteiger partial charge in [-0.25, -0.2) is 0 Å². The van der Waals surface area contributed by atoms with Crippen molar-refractivity contribution in [3.63, 3.8) is 0 Å². The maximum Gasteiger partial charge on any atom is 0.387 e. The quantitative estimate of drug-likeness (QED) is 0.829. The van der Waals surface area contributed by atoms with Gasteiger partial charge in [0.1, 0.15) is 0 Å². The van der Waals surface area contributed by atoms with Gasteiger partial charge in [-0.3, -0.25) is 0 Å². The molecule has 0 amide bonds. The number of nitrogens with two attached hydrogens (primary N) is 1. The smallest absolute Gasteiger partial charge is 0.387 e. The average Bonchev–Trinajstić information content (AvgIpc) is 2.32. The molecular formula is C14H21F2NO2. The maximum absolute atomic E-state index is 12.3. The Morgan fingerprint density at radius 2 is 1.89 bits per heavy atom. The van der Waals surface area contributed by atoms with Crippen LogP contribution in [0.1, 0.15) is 26.3 Å². The van der Waals surface area contributed by atoms with Crippen LogP contribution >= 0.6 is 0 Å². The lowest BCUT2D eigenvalue weighted by Gasteiger charge is -2.17. The summed E-state index contributed by atoms with van der Waals surface area (Å²) in [5, 5.41) is 0. The van der Waals surface area contributed by atoms with Crippen molar-refractivity contribution in [1.29, 1.82) is 0 Å². The second-order valence-electron chi connectivity index (χ2n) is 4.70. The third kappa shape index (κ3) is 5.03. The van der Waals surface area contributed by atoms with E-state index in [1.807, 2.05) is 13.8 Å². The van der Waals surface area contributed by atoms with Crippen LogP contribution in [0.2, 0.25) is 0 Å². The third-order valence-corrected chi connectivity index (χ3v) is 2.85. The first-order chi connectivity index (χ1) is 8.93. The first-order valence-electron chi connectivity index (χ1n) is 6.40. The van der Waals surface area contributed by atoms with Crippen LogP contribution in [0.4, 0.5) is 8.78 Å². The van der Waals surface area contributed by atoms with Crippen molar-refractivity contribution in [3.8, 4) is 11.5 Å². The van der Waals surface area contributed by atoms with Crippen molar-refractivity contribution in [2.75, 3.05) is 6.61 Å². The fourth-order valence-corrected chi connectivity index (χ4v) is 1.65. The van der Waals surface area contributed by atoms with Gasteiger partial charge in [-0.15, -0.1) is 0 Å². The predicted molar refractivity (Wildman–Crippen MR) is 70.8 cm³/mol. The minimum atomic E-state index is -2.86. The highest BCUT2D eigenvalue weighted by Gasteiger charge is 2.14. The second kappa shape index (κ2) is 7.28.